The Morgan fingerprint density at radius 2 is 2.05 bits per heavy atom. The molecule has 1 aromatic carbocycles. The molecule has 1 fully saturated rings. The first-order valence-corrected chi connectivity index (χ1v) is 7.35. The van der Waals surface area contributed by atoms with Crippen LogP contribution >= 0.6 is 0 Å². The van der Waals surface area contributed by atoms with Crippen molar-refractivity contribution in [2.24, 2.45) is 0 Å². The van der Waals surface area contributed by atoms with E-state index in [0.29, 0.717) is 5.58 Å². The summed E-state index contributed by atoms with van der Waals surface area (Å²) in [6, 6.07) is 9.14. The number of anilines is 1. The Balaban J connectivity index is 1.72. The number of nitrogens with zero attached hydrogens (tertiary/aromatic N) is 1. The summed E-state index contributed by atoms with van der Waals surface area (Å²) in [4.78, 5) is 24.3. The molecule has 0 unspecified atom stereocenters. The molecule has 2 heterocycles. The van der Waals surface area contributed by atoms with Gasteiger partial charge in [-0.05, 0) is 25.0 Å². The molecule has 1 aromatic heterocycles. The highest BCUT2D eigenvalue weighted by Crippen LogP contribution is 2.24. The molecular weight excluding hydrogens is 284 g/mol. The van der Waals surface area contributed by atoms with Crippen LogP contribution in [0, 0.1) is 0 Å². The van der Waals surface area contributed by atoms with Gasteiger partial charge in [0, 0.05) is 30.6 Å². The third-order valence-corrected chi connectivity index (χ3v) is 3.96. The maximum atomic E-state index is 11.6. The smallest absolute Gasteiger partial charge is 0.338 e. The fraction of sp³-hybridized carbons (Fsp3) is 0.375. The van der Waals surface area contributed by atoms with E-state index in [4.69, 9.17) is 9.52 Å². The van der Waals surface area contributed by atoms with Gasteiger partial charge in [-0.25, -0.2) is 4.79 Å². The number of hydrogen-bond acceptors (Lipinski definition) is 5. The van der Waals surface area contributed by atoms with Crippen LogP contribution in [0.2, 0.25) is 0 Å². The van der Waals surface area contributed by atoms with Crippen LogP contribution in [-0.4, -0.2) is 41.7 Å². The van der Waals surface area contributed by atoms with Gasteiger partial charge in [-0.1, -0.05) is 12.1 Å². The summed E-state index contributed by atoms with van der Waals surface area (Å²) in [6.07, 6.45) is 1.70. The van der Waals surface area contributed by atoms with Gasteiger partial charge in [-0.3, -0.25) is 9.69 Å². The number of carboxylic acids is 1. The zero-order chi connectivity index (χ0) is 15.5. The lowest BCUT2D eigenvalue weighted by atomic mass is 10.0. The summed E-state index contributed by atoms with van der Waals surface area (Å²) < 4.78 is 5.18. The minimum Gasteiger partial charge on any atom is -0.480 e. The van der Waals surface area contributed by atoms with Crippen LogP contribution in [0.15, 0.2) is 39.5 Å². The summed E-state index contributed by atoms with van der Waals surface area (Å²) in [5.41, 5.74) is 0.980. The summed E-state index contributed by atoms with van der Waals surface area (Å²) >= 11 is 0. The topological polar surface area (TPSA) is 82.8 Å². The molecular formula is C16H18N2O4. The molecule has 0 amide bonds. The molecule has 6 heteroatoms. The van der Waals surface area contributed by atoms with E-state index in [-0.39, 0.29) is 18.2 Å². The molecule has 3 rings (SSSR count). The first-order chi connectivity index (χ1) is 10.6. The average molecular weight is 302 g/mol. The largest absolute Gasteiger partial charge is 0.480 e. The van der Waals surface area contributed by atoms with Crippen molar-refractivity contribution in [3.05, 3.63) is 40.8 Å². The highest BCUT2D eigenvalue weighted by molar-refractivity contribution is 5.89. The third kappa shape index (κ3) is 3.28. The van der Waals surface area contributed by atoms with Crippen LogP contribution in [0.4, 0.5) is 5.69 Å². The Labute approximate surface area is 127 Å². The monoisotopic (exact) mass is 302 g/mol. The van der Waals surface area contributed by atoms with Crippen LogP contribution in [0.25, 0.3) is 11.0 Å². The number of nitrogens with one attached hydrogen (secondary N) is 1. The Hall–Kier alpha value is -2.34. The summed E-state index contributed by atoms with van der Waals surface area (Å²) in [7, 11) is 0. The standard InChI is InChI=1S/C16H18N2O4/c19-15(20)10-18-7-5-11(6-8-18)17-13-9-16(21)22-14-4-2-1-3-12(13)14/h1-4,9,11,17H,5-8,10H2,(H,19,20). The van der Waals surface area contributed by atoms with Gasteiger partial charge in [0.25, 0.3) is 0 Å². The summed E-state index contributed by atoms with van der Waals surface area (Å²) in [5.74, 6) is -0.793. The number of hydrogen-bond donors (Lipinski definition) is 2. The van der Waals surface area contributed by atoms with E-state index in [1.807, 2.05) is 23.1 Å². The van der Waals surface area contributed by atoms with E-state index < -0.39 is 5.97 Å². The Bertz CT molecular complexity index is 732. The zero-order valence-electron chi connectivity index (χ0n) is 12.1. The van der Waals surface area contributed by atoms with Crippen LogP contribution in [0.3, 0.4) is 0 Å². The van der Waals surface area contributed by atoms with Crippen molar-refractivity contribution in [1.29, 1.82) is 0 Å². The van der Waals surface area contributed by atoms with Crippen molar-refractivity contribution in [2.45, 2.75) is 18.9 Å². The molecule has 6 nitrogen and oxygen atoms in total. The van der Waals surface area contributed by atoms with Gasteiger partial charge in [0.15, 0.2) is 0 Å². The van der Waals surface area contributed by atoms with Gasteiger partial charge < -0.3 is 14.8 Å². The quantitative estimate of drug-likeness (QED) is 0.837. The number of rotatable bonds is 4. The van der Waals surface area contributed by atoms with Crippen molar-refractivity contribution in [2.75, 3.05) is 25.0 Å². The van der Waals surface area contributed by atoms with E-state index in [9.17, 15) is 9.59 Å². The Morgan fingerprint density at radius 1 is 1.32 bits per heavy atom. The van der Waals surface area contributed by atoms with Crippen LogP contribution < -0.4 is 10.9 Å². The molecule has 1 aliphatic heterocycles. The zero-order valence-corrected chi connectivity index (χ0v) is 12.1. The first-order valence-electron chi connectivity index (χ1n) is 7.35. The minimum absolute atomic E-state index is 0.0879. The number of para-hydroxylation sites is 1. The van der Waals surface area contributed by atoms with Crippen LogP contribution in [-0.2, 0) is 4.79 Å². The first kappa shape index (κ1) is 14.6. The number of likely N-dealkylation sites (tertiary alicyclic amines) is 1. The lowest BCUT2D eigenvalue weighted by Gasteiger charge is -2.31. The van der Waals surface area contributed by atoms with Crippen molar-refractivity contribution in [3.8, 4) is 0 Å². The van der Waals surface area contributed by atoms with E-state index >= 15 is 0 Å². The van der Waals surface area contributed by atoms with Crippen molar-refractivity contribution < 1.29 is 14.3 Å². The maximum Gasteiger partial charge on any atom is 0.338 e. The normalized spacial score (nSPS) is 16.7. The molecule has 0 spiro atoms. The van der Waals surface area contributed by atoms with E-state index in [2.05, 4.69) is 5.32 Å². The number of fused-ring (bicyclic) bond motifs is 1. The predicted octanol–water partition coefficient (Wildman–Crippen LogP) is 1.75. The summed E-state index contributed by atoms with van der Waals surface area (Å²) in [6.45, 7) is 1.57. The van der Waals surface area contributed by atoms with Gasteiger partial charge in [0.2, 0.25) is 0 Å². The molecule has 22 heavy (non-hydrogen) atoms. The third-order valence-electron chi connectivity index (χ3n) is 3.96. The number of carbonyl (C=O) groups is 1. The van der Waals surface area contributed by atoms with Crippen molar-refractivity contribution in [1.82, 2.24) is 4.90 Å². The van der Waals surface area contributed by atoms with Gasteiger partial charge in [0.05, 0.1) is 12.2 Å². The SMILES string of the molecule is O=C(O)CN1CCC(Nc2cc(=O)oc3ccccc23)CC1. The van der Waals surface area contributed by atoms with Crippen LogP contribution in [0.5, 0.6) is 0 Å². The number of carboxylic acid groups (broad SMARTS) is 1. The lowest BCUT2D eigenvalue weighted by Crippen LogP contribution is -2.41. The average Bonchev–Trinajstić information content (AvgIpc) is 2.48. The predicted molar refractivity (Wildman–Crippen MR) is 83.2 cm³/mol. The molecule has 2 aromatic rings. The summed E-state index contributed by atoms with van der Waals surface area (Å²) in [5, 5.41) is 13.1. The Kier molecular flexibility index (Phi) is 4.11. The van der Waals surface area contributed by atoms with Gasteiger partial charge >= 0.3 is 11.6 Å². The van der Waals surface area contributed by atoms with Crippen molar-refractivity contribution in [3.63, 3.8) is 0 Å². The highest BCUT2D eigenvalue weighted by Gasteiger charge is 2.21. The second kappa shape index (κ2) is 6.19. The number of aliphatic carboxylic acids is 1. The molecule has 0 aliphatic carbocycles. The molecule has 0 atom stereocenters. The van der Waals surface area contributed by atoms with E-state index in [1.54, 1.807) is 6.07 Å². The second-order valence-electron chi connectivity index (χ2n) is 5.56. The molecule has 116 valence electrons. The van der Waals surface area contributed by atoms with Gasteiger partial charge in [0.1, 0.15) is 5.58 Å². The lowest BCUT2D eigenvalue weighted by molar-refractivity contribution is -0.138. The minimum atomic E-state index is -0.793. The number of piperidine rings is 1. The van der Waals surface area contributed by atoms with Gasteiger partial charge in [-0.2, -0.15) is 0 Å². The van der Waals surface area contributed by atoms with Crippen molar-refractivity contribution >= 4 is 22.6 Å². The molecule has 0 saturated carbocycles. The fourth-order valence-corrected chi connectivity index (χ4v) is 2.88. The molecule has 2 N–H and O–H groups in total. The Morgan fingerprint density at radius 3 is 2.77 bits per heavy atom. The molecule has 1 saturated heterocycles. The second-order valence-corrected chi connectivity index (χ2v) is 5.56. The van der Waals surface area contributed by atoms with E-state index in [0.717, 1.165) is 37.0 Å². The van der Waals surface area contributed by atoms with E-state index in [1.165, 1.54) is 6.07 Å². The highest BCUT2D eigenvalue weighted by atomic mass is 16.4. The van der Waals surface area contributed by atoms with Crippen LogP contribution in [0.1, 0.15) is 12.8 Å². The fourth-order valence-electron chi connectivity index (χ4n) is 2.88. The van der Waals surface area contributed by atoms with Gasteiger partial charge in [-0.15, -0.1) is 0 Å². The molecule has 0 radical (unpaired) electrons. The molecule has 0 bridgehead atoms. The maximum absolute atomic E-state index is 11.6. The number of benzene rings is 1. The molecule has 1 aliphatic rings.